The normalized spacial score (nSPS) is 14.3. The Morgan fingerprint density at radius 1 is 1.05 bits per heavy atom. The van der Waals surface area contributed by atoms with E-state index in [9.17, 15) is 13.2 Å². The zero-order valence-electron chi connectivity index (χ0n) is 11.2. The Bertz CT molecular complexity index is 592. The van der Waals surface area contributed by atoms with E-state index < -0.39 is 23.5 Å². The quantitative estimate of drug-likeness (QED) is 0.876. The third-order valence-electron chi connectivity index (χ3n) is 2.92. The van der Waals surface area contributed by atoms with Crippen LogP contribution in [0.4, 0.5) is 13.2 Å². The summed E-state index contributed by atoms with van der Waals surface area (Å²) < 4.78 is 44.5. The van der Waals surface area contributed by atoms with Crippen molar-refractivity contribution in [1.82, 2.24) is 15.5 Å². The molecule has 0 bridgehead atoms. The maximum absolute atomic E-state index is 13.2. The lowest BCUT2D eigenvalue weighted by molar-refractivity contribution is 0.377. The Morgan fingerprint density at radius 2 is 1.65 bits per heavy atom. The summed E-state index contributed by atoms with van der Waals surface area (Å²) in [5.41, 5.74) is 0.296. The molecule has 2 atom stereocenters. The predicted octanol–water partition coefficient (Wildman–Crippen LogP) is 3.21. The first-order chi connectivity index (χ1) is 9.38. The molecule has 108 valence electrons. The van der Waals surface area contributed by atoms with Crippen molar-refractivity contribution in [3.63, 3.8) is 0 Å². The number of nitrogens with one attached hydrogen (secondary N) is 1. The van der Waals surface area contributed by atoms with Crippen molar-refractivity contribution < 1.29 is 17.6 Å². The lowest BCUT2D eigenvalue weighted by atomic mass is 10.1. The number of hydrogen-bond donors (Lipinski definition) is 1. The van der Waals surface area contributed by atoms with E-state index in [4.69, 9.17) is 4.42 Å². The van der Waals surface area contributed by atoms with E-state index in [-0.39, 0.29) is 6.04 Å². The molecule has 2 rings (SSSR count). The number of hydrogen-bond acceptors (Lipinski definition) is 4. The van der Waals surface area contributed by atoms with Crippen LogP contribution in [-0.2, 0) is 0 Å². The van der Waals surface area contributed by atoms with E-state index in [1.54, 1.807) is 20.8 Å². The monoisotopic (exact) mass is 285 g/mol. The van der Waals surface area contributed by atoms with Gasteiger partial charge in [0.05, 0.1) is 6.04 Å². The second-order valence-corrected chi connectivity index (χ2v) is 4.57. The van der Waals surface area contributed by atoms with E-state index in [0.29, 0.717) is 17.3 Å². The van der Waals surface area contributed by atoms with Crippen LogP contribution in [0.2, 0.25) is 0 Å². The van der Waals surface area contributed by atoms with Gasteiger partial charge in [0.25, 0.3) is 0 Å². The van der Waals surface area contributed by atoms with Crippen molar-refractivity contribution in [2.75, 3.05) is 0 Å². The highest BCUT2D eigenvalue weighted by atomic mass is 19.2. The van der Waals surface area contributed by atoms with Crippen LogP contribution in [0.25, 0.3) is 0 Å². The Labute approximate surface area is 114 Å². The molecule has 20 heavy (non-hydrogen) atoms. The summed E-state index contributed by atoms with van der Waals surface area (Å²) in [4.78, 5) is 0. The van der Waals surface area contributed by atoms with Crippen molar-refractivity contribution in [2.24, 2.45) is 0 Å². The summed E-state index contributed by atoms with van der Waals surface area (Å²) in [7, 11) is 0. The molecule has 0 saturated carbocycles. The molecular formula is C13H14F3N3O. The number of aryl methyl sites for hydroxylation is 1. The molecule has 1 N–H and O–H groups in total. The summed E-state index contributed by atoms with van der Waals surface area (Å²) in [6.07, 6.45) is 0. The second-order valence-electron chi connectivity index (χ2n) is 4.57. The van der Waals surface area contributed by atoms with Gasteiger partial charge in [-0.3, -0.25) is 5.32 Å². The van der Waals surface area contributed by atoms with Crippen LogP contribution in [0.5, 0.6) is 0 Å². The lowest BCUT2D eigenvalue weighted by Gasteiger charge is -2.18. The minimum Gasteiger partial charge on any atom is -0.424 e. The molecule has 1 heterocycles. The van der Waals surface area contributed by atoms with Gasteiger partial charge in [0.2, 0.25) is 11.8 Å². The van der Waals surface area contributed by atoms with Crippen molar-refractivity contribution >= 4 is 0 Å². The lowest BCUT2D eigenvalue weighted by Crippen LogP contribution is -2.23. The van der Waals surface area contributed by atoms with Crippen LogP contribution < -0.4 is 5.32 Å². The van der Waals surface area contributed by atoms with E-state index in [1.807, 2.05) is 0 Å². The fourth-order valence-electron chi connectivity index (χ4n) is 1.85. The molecule has 0 amide bonds. The summed E-state index contributed by atoms with van der Waals surface area (Å²) >= 11 is 0. The first kappa shape index (κ1) is 14.5. The topological polar surface area (TPSA) is 51.0 Å². The molecule has 0 aliphatic carbocycles. The summed E-state index contributed by atoms with van der Waals surface area (Å²) in [5, 5.41) is 10.6. The largest absolute Gasteiger partial charge is 0.424 e. The van der Waals surface area contributed by atoms with E-state index >= 15 is 0 Å². The van der Waals surface area contributed by atoms with E-state index in [0.717, 1.165) is 12.1 Å². The number of halogens is 3. The highest BCUT2D eigenvalue weighted by Gasteiger charge is 2.18. The minimum atomic E-state index is -1.47. The smallest absolute Gasteiger partial charge is 0.233 e. The Balaban J connectivity index is 2.14. The first-order valence-electron chi connectivity index (χ1n) is 6.09. The molecule has 0 aliphatic rings. The van der Waals surface area contributed by atoms with Crippen molar-refractivity contribution in [1.29, 1.82) is 0 Å². The second kappa shape index (κ2) is 5.62. The fraction of sp³-hybridized carbons (Fsp3) is 0.385. The maximum atomic E-state index is 13.2. The summed E-state index contributed by atoms with van der Waals surface area (Å²) in [6.45, 7) is 5.14. The SMILES string of the molecule is Cc1nnc([C@H](C)N[C@@H](C)c2cc(F)c(F)c(F)c2)o1. The Morgan fingerprint density at radius 3 is 2.15 bits per heavy atom. The molecule has 2 aromatic rings. The maximum Gasteiger partial charge on any atom is 0.233 e. The molecule has 1 aromatic carbocycles. The number of benzene rings is 1. The molecule has 0 spiro atoms. The molecule has 0 aliphatic heterocycles. The van der Waals surface area contributed by atoms with Crippen LogP contribution in [0.1, 0.15) is 43.3 Å². The molecule has 0 saturated heterocycles. The standard InChI is InChI=1S/C13H14F3N3O/c1-6(9-4-10(14)12(16)11(15)5-9)17-7(2)13-19-18-8(3)20-13/h4-7,17H,1-3H3/t6-,7-/m0/s1. The van der Waals surface area contributed by atoms with Gasteiger partial charge >= 0.3 is 0 Å². The molecule has 1 aromatic heterocycles. The average Bonchev–Trinajstić information content (AvgIpc) is 2.82. The van der Waals surface area contributed by atoms with Gasteiger partial charge < -0.3 is 4.42 Å². The molecule has 7 heteroatoms. The van der Waals surface area contributed by atoms with Gasteiger partial charge in [-0.15, -0.1) is 10.2 Å². The van der Waals surface area contributed by atoms with E-state index in [1.165, 1.54) is 0 Å². The highest BCUT2D eigenvalue weighted by molar-refractivity contribution is 5.22. The van der Waals surface area contributed by atoms with E-state index in [2.05, 4.69) is 15.5 Å². The Hall–Kier alpha value is -1.89. The van der Waals surface area contributed by atoms with Crippen LogP contribution in [0.3, 0.4) is 0 Å². The zero-order valence-corrected chi connectivity index (χ0v) is 11.2. The van der Waals surface area contributed by atoms with Gasteiger partial charge in [-0.1, -0.05) is 0 Å². The van der Waals surface area contributed by atoms with Gasteiger partial charge in [0, 0.05) is 13.0 Å². The molecule has 0 radical (unpaired) electrons. The molecular weight excluding hydrogens is 271 g/mol. The zero-order chi connectivity index (χ0) is 14.9. The summed E-state index contributed by atoms with van der Waals surface area (Å²) in [6, 6.07) is 1.20. The van der Waals surface area contributed by atoms with Gasteiger partial charge in [-0.2, -0.15) is 0 Å². The van der Waals surface area contributed by atoms with Crippen LogP contribution in [0.15, 0.2) is 16.5 Å². The van der Waals surface area contributed by atoms with Crippen LogP contribution >= 0.6 is 0 Å². The van der Waals surface area contributed by atoms with Gasteiger partial charge in [-0.05, 0) is 31.5 Å². The van der Waals surface area contributed by atoms with Gasteiger partial charge in [-0.25, -0.2) is 13.2 Å². The van der Waals surface area contributed by atoms with Gasteiger partial charge in [0.15, 0.2) is 17.5 Å². The van der Waals surface area contributed by atoms with Crippen molar-refractivity contribution in [2.45, 2.75) is 32.9 Å². The average molecular weight is 285 g/mol. The number of nitrogens with zero attached hydrogens (tertiary/aromatic N) is 2. The Kier molecular flexibility index (Phi) is 4.08. The van der Waals surface area contributed by atoms with Crippen LogP contribution in [0, 0.1) is 24.4 Å². The third kappa shape index (κ3) is 2.98. The summed E-state index contributed by atoms with van der Waals surface area (Å²) in [5.74, 6) is -3.09. The number of rotatable bonds is 4. The minimum absolute atomic E-state index is 0.296. The molecule has 0 unspecified atom stereocenters. The predicted molar refractivity (Wildman–Crippen MR) is 65.3 cm³/mol. The van der Waals surface area contributed by atoms with Crippen molar-refractivity contribution in [3.05, 3.63) is 46.9 Å². The van der Waals surface area contributed by atoms with Crippen molar-refractivity contribution in [3.8, 4) is 0 Å². The first-order valence-corrected chi connectivity index (χ1v) is 6.09. The fourth-order valence-corrected chi connectivity index (χ4v) is 1.85. The highest BCUT2D eigenvalue weighted by Crippen LogP contribution is 2.22. The third-order valence-corrected chi connectivity index (χ3v) is 2.92. The molecule has 4 nitrogen and oxygen atoms in total. The molecule has 0 fully saturated rings. The van der Waals surface area contributed by atoms with Crippen LogP contribution in [-0.4, -0.2) is 10.2 Å². The number of aromatic nitrogens is 2. The van der Waals surface area contributed by atoms with Gasteiger partial charge in [0.1, 0.15) is 0 Å².